The number of carbonyl (C=O) groups is 2. The molecule has 2 amide bonds. The number of benzene rings is 1. The first-order chi connectivity index (χ1) is 17.2. The third kappa shape index (κ3) is 5.80. The Balaban J connectivity index is 1.63. The van der Waals surface area contributed by atoms with Crippen LogP contribution in [0.2, 0.25) is 0 Å². The summed E-state index contributed by atoms with van der Waals surface area (Å²) in [5.41, 5.74) is 2.78. The Morgan fingerprint density at radius 2 is 1.89 bits per heavy atom. The van der Waals surface area contributed by atoms with E-state index in [2.05, 4.69) is 16.4 Å². The van der Waals surface area contributed by atoms with Crippen molar-refractivity contribution in [3.63, 3.8) is 0 Å². The maximum absolute atomic E-state index is 13.1. The molecule has 0 saturated carbocycles. The minimum absolute atomic E-state index is 0.0862. The molecule has 4 rings (SSSR count). The standard InChI is InChI=1S/C27H39N3O7/c1-25(2,3)36-23(32)28-30(24(33)37-26(4,5)6)16-29-13-12-27-11-10-18(31)14-20(27)35-22-19(34-7)9-8-17(15-29)21(22)27/h8-11,18,20,31H,12-16H2,1-7H3,(H,28,32)/t18-,20-,27-/m0/s1. The smallest absolute Gasteiger partial charge is 0.430 e. The van der Waals surface area contributed by atoms with Crippen molar-refractivity contribution >= 4 is 12.2 Å². The van der Waals surface area contributed by atoms with E-state index in [9.17, 15) is 14.7 Å². The zero-order valence-electron chi connectivity index (χ0n) is 22.8. The summed E-state index contributed by atoms with van der Waals surface area (Å²) in [7, 11) is 1.62. The van der Waals surface area contributed by atoms with Gasteiger partial charge in [-0.3, -0.25) is 4.90 Å². The van der Waals surface area contributed by atoms with E-state index in [1.54, 1.807) is 48.7 Å². The van der Waals surface area contributed by atoms with Crippen molar-refractivity contribution in [3.8, 4) is 11.5 Å². The minimum atomic E-state index is -0.745. The molecule has 2 N–H and O–H groups in total. The average Bonchev–Trinajstić information content (AvgIpc) is 3.00. The Labute approximate surface area is 218 Å². The Kier molecular flexibility index (Phi) is 7.11. The molecule has 3 atom stereocenters. The number of aliphatic hydroxyl groups is 1. The van der Waals surface area contributed by atoms with Crippen LogP contribution in [0.5, 0.6) is 11.5 Å². The SMILES string of the molecule is COc1ccc2c3c1O[C@H]1C[C@@H](O)C=C[C@@]31CCN(CN(NC(=O)OC(C)(C)C)C(=O)OC(C)(C)C)C2. The molecule has 204 valence electrons. The minimum Gasteiger partial charge on any atom is -0.493 e. The van der Waals surface area contributed by atoms with Crippen LogP contribution in [0.25, 0.3) is 0 Å². The van der Waals surface area contributed by atoms with Crippen LogP contribution in [0.3, 0.4) is 0 Å². The number of nitrogens with one attached hydrogen (secondary N) is 1. The molecule has 0 radical (unpaired) electrons. The van der Waals surface area contributed by atoms with E-state index in [0.29, 0.717) is 37.4 Å². The van der Waals surface area contributed by atoms with Gasteiger partial charge >= 0.3 is 12.2 Å². The molecule has 2 heterocycles. The molecule has 10 heteroatoms. The number of aliphatic hydroxyl groups excluding tert-OH is 1. The van der Waals surface area contributed by atoms with Crippen molar-refractivity contribution in [2.24, 2.45) is 0 Å². The lowest BCUT2D eigenvalue weighted by Crippen LogP contribution is -2.54. The number of methoxy groups -OCH3 is 1. The first kappa shape index (κ1) is 27.1. The van der Waals surface area contributed by atoms with E-state index in [-0.39, 0.29) is 12.8 Å². The van der Waals surface area contributed by atoms with Gasteiger partial charge in [0.2, 0.25) is 0 Å². The predicted octanol–water partition coefficient (Wildman–Crippen LogP) is 3.85. The average molecular weight is 518 g/mol. The summed E-state index contributed by atoms with van der Waals surface area (Å²) in [6.07, 6.45) is 2.87. The Morgan fingerprint density at radius 3 is 2.54 bits per heavy atom. The van der Waals surface area contributed by atoms with Crippen LogP contribution in [0, 0.1) is 0 Å². The van der Waals surface area contributed by atoms with Crippen molar-refractivity contribution in [1.29, 1.82) is 0 Å². The zero-order chi connectivity index (χ0) is 27.2. The lowest BCUT2D eigenvalue weighted by molar-refractivity contribution is -0.0140. The van der Waals surface area contributed by atoms with Crippen LogP contribution in [-0.4, -0.2) is 70.9 Å². The molecule has 0 bridgehead atoms. The molecule has 10 nitrogen and oxygen atoms in total. The highest BCUT2D eigenvalue weighted by Gasteiger charge is 2.53. The number of hydrogen-bond acceptors (Lipinski definition) is 8. The van der Waals surface area contributed by atoms with Crippen molar-refractivity contribution in [1.82, 2.24) is 15.3 Å². The van der Waals surface area contributed by atoms with E-state index in [1.165, 1.54) is 0 Å². The van der Waals surface area contributed by atoms with Crippen LogP contribution in [0.4, 0.5) is 9.59 Å². The second kappa shape index (κ2) is 9.72. The number of ether oxygens (including phenoxy) is 4. The lowest BCUT2D eigenvalue weighted by Gasteiger charge is -2.36. The van der Waals surface area contributed by atoms with Gasteiger partial charge in [0.05, 0.1) is 25.3 Å². The van der Waals surface area contributed by atoms with Crippen molar-refractivity contribution in [2.75, 3.05) is 20.3 Å². The second-order valence-electron chi connectivity index (χ2n) is 11.9. The summed E-state index contributed by atoms with van der Waals surface area (Å²) in [4.78, 5) is 27.7. The highest BCUT2D eigenvalue weighted by atomic mass is 16.6. The molecular weight excluding hydrogens is 478 g/mol. The summed E-state index contributed by atoms with van der Waals surface area (Å²) in [5, 5.41) is 11.5. The molecule has 1 aromatic carbocycles. The Morgan fingerprint density at radius 1 is 1.19 bits per heavy atom. The summed E-state index contributed by atoms with van der Waals surface area (Å²) < 4.78 is 22.9. The van der Waals surface area contributed by atoms with Gasteiger partial charge in [-0.2, -0.15) is 0 Å². The van der Waals surface area contributed by atoms with E-state index >= 15 is 0 Å². The van der Waals surface area contributed by atoms with Crippen LogP contribution >= 0.6 is 0 Å². The number of nitrogens with zero attached hydrogens (tertiary/aromatic N) is 2. The fraction of sp³-hybridized carbons (Fsp3) is 0.630. The Bertz CT molecular complexity index is 1070. The highest BCUT2D eigenvalue weighted by molar-refractivity contribution is 5.74. The van der Waals surface area contributed by atoms with Gasteiger partial charge in [-0.15, -0.1) is 0 Å². The molecule has 0 saturated heterocycles. The summed E-state index contributed by atoms with van der Waals surface area (Å²) >= 11 is 0. The largest absolute Gasteiger partial charge is 0.493 e. The topological polar surface area (TPSA) is 110 Å². The first-order valence-corrected chi connectivity index (χ1v) is 12.7. The van der Waals surface area contributed by atoms with Gasteiger partial charge in [-0.05, 0) is 59.6 Å². The fourth-order valence-electron chi connectivity index (χ4n) is 5.18. The highest BCUT2D eigenvalue weighted by Crippen LogP contribution is 2.55. The van der Waals surface area contributed by atoms with Gasteiger partial charge < -0.3 is 24.1 Å². The quantitative estimate of drug-likeness (QED) is 0.460. The lowest BCUT2D eigenvalue weighted by atomic mass is 9.69. The number of rotatable bonds is 3. The molecule has 37 heavy (non-hydrogen) atoms. The zero-order valence-corrected chi connectivity index (χ0v) is 22.8. The van der Waals surface area contributed by atoms with Crippen molar-refractivity contribution < 1.29 is 33.6 Å². The first-order valence-electron chi connectivity index (χ1n) is 12.7. The maximum atomic E-state index is 13.1. The second-order valence-corrected chi connectivity index (χ2v) is 11.9. The van der Waals surface area contributed by atoms with Crippen LogP contribution in [0.15, 0.2) is 24.3 Å². The summed E-state index contributed by atoms with van der Waals surface area (Å²) in [6, 6.07) is 3.90. The fourth-order valence-corrected chi connectivity index (χ4v) is 5.18. The number of hydrogen-bond donors (Lipinski definition) is 2. The summed E-state index contributed by atoms with van der Waals surface area (Å²) in [6.45, 7) is 11.8. The van der Waals surface area contributed by atoms with Gasteiger partial charge in [0.25, 0.3) is 0 Å². The van der Waals surface area contributed by atoms with Crippen LogP contribution in [-0.2, 0) is 21.4 Å². The molecule has 1 aliphatic carbocycles. The summed E-state index contributed by atoms with van der Waals surface area (Å²) in [5.74, 6) is 1.37. The molecule has 0 fully saturated rings. The monoisotopic (exact) mass is 517 g/mol. The number of hydrazine groups is 1. The van der Waals surface area contributed by atoms with Gasteiger partial charge in [-0.1, -0.05) is 18.2 Å². The van der Waals surface area contributed by atoms with E-state index in [0.717, 1.165) is 16.1 Å². The maximum Gasteiger partial charge on any atom is 0.430 e. The third-order valence-corrected chi connectivity index (χ3v) is 6.62. The van der Waals surface area contributed by atoms with Crippen LogP contribution in [0.1, 0.15) is 65.5 Å². The van der Waals surface area contributed by atoms with E-state index < -0.39 is 34.9 Å². The van der Waals surface area contributed by atoms with Crippen LogP contribution < -0.4 is 14.9 Å². The Hall–Kier alpha value is -2.98. The van der Waals surface area contributed by atoms with Crippen molar-refractivity contribution in [3.05, 3.63) is 35.4 Å². The third-order valence-electron chi connectivity index (χ3n) is 6.62. The predicted molar refractivity (Wildman–Crippen MR) is 136 cm³/mol. The normalized spacial score (nSPS) is 24.8. The van der Waals surface area contributed by atoms with Crippen molar-refractivity contribution in [2.45, 2.75) is 89.8 Å². The molecule has 0 aromatic heterocycles. The molecular formula is C27H39N3O7. The molecule has 1 aromatic rings. The molecule has 2 aliphatic heterocycles. The number of amides is 2. The molecule has 0 unspecified atom stereocenters. The van der Waals surface area contributed by atoms with E-state index in [4.69, 9.17) is 18.9 Å². The van der Waals surface area contributed by atoms with E-state index in [1.807, 2.05) is 18.2 Å². The van der Waals surface area contributed by atoms with Gasteiger partial charge in [0.15, 0.2) is 11.5 Å². The molecule has 3 aliphatic rings. The van der Waals surface area contributed by atoms with Gasteiger partial charge in [0.1, 0.15) is 17.3 Å². The molecule has 1 spiro atoms. The van der Waals surface area contributed by atoms with Gasteiger partial charge in [0, 0.05) is 25.1 Å². The van der Waals surface area contributed by atoms with Gasteiger partial charge in [-0.25, -0.2) is 20.0 Å². The number of carbonyl (C=O) groups excluding carboxylic acids is 2.